The largest absolute Gasteiger partial charge is 0.352 e. The first-order valence-corrected chi connectivity index (χ1v) is 5.80. The van der Waals surface area contributed by atoms with Gasteiger partial charge in [0, 0.05) is 12.1 Å². The maximum Gasteiger partial charge on any atom is 0.251 e. The number of rotatable bonds is 3. The Morgan fingerprint density at radius 2 is 2.12 bits per heavy atom. The third-order valence-electron chi connectivity index (χ3n) is 2.49. The van der Waals surface area contributed by atoms with Gasteiger partial charge in [-0.25, -0.2) is 8.78 Å². The molecule has 5 heteroatoms. The maximum absolute atomic E-state index is 13.0. The summed E-state index contributed by atoms with van der Waals surface area (Å²) in [6.07, 6.45) is 2.25. The molecule has 1 aromatic rings. The van der Waals surface area contributed by atoms with Crippen LogP contribution in [0.3, 0.4) is 0 Å². The molecule has 0 radical (unpaired) electrons. The van der Waals surface area contributed by atoms with E-state index in [4.69, 9.17) is 0 Å². The third kappa shape index (κ3) is 2.58. The number of carbonyl (C=O) groups excluding carboxylic acids is 1. The van der Waals surface area contributed by atoms with Gasteiger partial charge >= 0.3 is 0 Å². The molecule has 2 nitrogen and oxygen atoms in total. The molecule has 0 aromatic heterocycles. The number of carbonyl (C=O) groups is 1. The van der Waals surface area contributed by atoms with Crippen molar-refractivity contribution >= 4 is 21.8 Å². The fourth-order valence-electron chi connectivity index (χ4n) is 1.35. The number of hydrogen-bond donors (Lipinski definition) is 1. The molecule has 2 rings (SSSR count). The second-order valence-electron chi connectivity index (χ2n) is 3.91. The van der Waals surface area contributed by atoms with E-state index in [0.717, 1.165) is 18.9 Å². The van der Waals surface area contributed by atoms with Crippen molar-refractivity contribution in [2.24, 2.45) is 5.92 Å². The summed E-state index contributed by atoms with van der Waals surface area (Å²) in [4.78, 5) is 11.6. The van der Waals surface area contributed by atoms with Crippen LogP contribution in [0.25, 0.3) is 0 Å². The van der Waals surface area contributed by atoms with Gasteiger partial charge in [-0.2, -0.15) is 0 Å². The predicted molar refractivity (Wildman–Crippen MR) is 59.1 cm³/mol. The first-order valence-electron chi connectivity index (χ1n) is 5.00. The molecule has 16 heavy (non-hydrogen) atoms. The Balaban J connectivity index is 2.09. The zero-order chi connectivity index (χ0) is 11.7. The van der Waals surface area contributed by atoms with Crippen LogP contribution >= 0.6 is 15.9 Å². The fraction of sp³-hybridized carbons (Fsp3) is 0.364. The summed E-state index contributed by atoms with van der Waals surface area (Å²) in [6.45, 7) is 0.607. The number of amides is 1. The van der Waals surface area contributed by atoms with E-state index in [1.165, 1.54) is 6.07 Å². The Morgan fingerprint density at radius 1 is 1.44 bits per heavy atom. The average Bonchev–Trinajstić information content (AvgIpc) is 3.05. The molecule has 1 aliphatic rings. The maximum atomic E-state index is 13.0. The summed E-state index contributed by atoms with van der Waals surface area (Å²) in [5, 5.41) is 2.69. The van der Waals surface area contributed by atoms with Crippen LogP contribution in [0, 0.1) is 17.6 Å². The molecular formula is C11H10BrF2NO. The lowest BCUT2D eigenvalue weighted by Crippen LogP contribution is -2.25. The lowest BCUT2D eigenvalue weighted by molar-refractivity contribution is 0.0951. The quantitative estimate of drug-likeness (QED) is 0.852. The van der Waals surface area contributed by atoms with Crippen molar-refractivity contribution in [1.82, 2.24) is 5.32 Å². The van der Waals surface area contributed by atoms with Crippen LogP contribution in [0.1, 0.15) is 23.2 Å². The van der Waals surface area contributed by atoms with Gasteiger partial charge in [-0.3, -0.25) is 4.79 Å². The minimum atomic E-state index is -1.02. The number of hydrogen-bond acceptors (Lipinski definition) is 1. The second-order valence-corrected chi connectivity index (χ2v) is 4.76. The fourth-order valence-corrected chi connectivity index (χ4v) is 1.78. The second kappa shape index (κ2) is 4.49. The van der Waals surface area contributed by atoms with E-state index in [1.54, 1.807) is 0 Å². The summed E-state index contributed by atoms with van der Waals surface area (Å²) < 4.78 is 25.9. The molecule has 0 unspecified atom stereocenters. The summed E-state index contributed by atoms with van der Waals surface area (Å²) in [5.74, 6) is -1.81. The van der Waals surface area contributed by atoms with Crippen LogP contribution in [0.15, 0.2) is 16.6 Å². The first-order chi connectivity index (χ1) is 7.58. The van der Waals surface area contributed by atoms with E-state index in [1.807, 2.05) is 0 Å². The van der Waals surface area contributed by atoms with Crippen molar-refractivity contribution < 1.29 is 13.6 Å². The molecule has 1 saturated carbocycles. The van der Waals surface area contributed by atoms with Gasteiger partial charge in [0.15, 0.2) is 11.6 Å². The van der Waals surface area contributed by atoms with Gasteiger partial charge in [0.2, 0.25) is 0 Å². The van der Waals surface area contributed by atoms with Crippen molar-refractivity contribution in [2.45, 2.75) is 12.8 Å². The van der Waals surface area contributed by atoms with Crippen molar-refractivity contribution in [1.29, 1.82) is 0 Å². The molecule has 1 aromatic carbocycles. The van der Waals surface area contributed by atoms with E-state index in [9.17, 15) is 13.6 Å². The van der Waals surface area contributed by atoms with Crippen LogP contribution in [-0.2, 0) is 0 Å². The van der Waals surface area contributed by atoms with Gasteiger partial charge in [0.25, 0.3) is 5.91 Å². The highest BCUT2D eigenvalue weighted by Crippen LogP contribution is 2.27. The Morgan fingerprint density at radius 3 is 2.69 bits per heavy atom. The zero-order valence-corrected chi connectivity index (χ0v) is 9.98. The Hall–Kier alpha value is -0.970. The van der Waals surface area contributed by atoms with Crippen LogP contribution in [0.5, 0.6) is 0 Å². The van der Waals surface area contributed by atoms with Gasteiger partial charge < -0.3 is 5.32 Å². The van der Waals surface area contributed by atoms with Gasteiger partial charge in [-0.15, -0.1) is 0 Å². The van der Waals surface area contributed by atoms with E-state index < -0.39 is 11.6 Å². The molecule has 86 valence electrons. The van der Waals surface area contributed by atoms with Crippen LogP contribution in [0.2, 0.25) is 0 Å². The average molecular weight is 290 g/mol. The molecule has 0 atom stereocenters. The topological polar surface area (TPSA) is 29.1 Å². The lowest BCUT2D eigenvalue weighted by Gasteiger charge is -2.05. The highest BCUT2D eigenvalue weighted by Gasteiger charge is 2.22. The number of halogens is 3. The molecule has 0 heterocycles. The van der Waals surface area contributed by atoms with E-state index in [0.29, 0.717) is 12.5 Å². The summed E-state index contributed by atoms with van der Waals surface area (Å²) in [6, 6.07) is 2.18. The van der Waals surface area contributed by atoms with Crippen LogP contribution < -0.4 is 5.32 Å². The minimum Gasteiger partial charge on any atom is -0.352 e. The van der Waals surface area contributed by atoms with Crippen LogP contribution in [0.4, 0.5) is 8.78 Å². The van der Waals surface area contributed by atoms with Crippen molar-refractivity contribution in [3.05, 3.63) is 33.8 Å². The predicted octanol–water partition coefficient (Wildman–Crippen LogP) is 2.87. The van der Waals surface area contributed by atoms with Crippen LogP contribution in [-0.4, -0.2) is 12.5 Å². The van der Waals surface area contributed by atoms with Gasteiger partial charge in [0.05, 0.1) is 4.47 Å². The van der Waals surface area contributed by atoms with Crippen molar-refractivity contribution in [3.63, 3.8) is 0 Å². The lowest BCUT2D eigenvalue weighted by atomic mass is 10.2. The van der Waals surface area contributed by atoms with Crippen molar-refractivity contribution in [2.75, 3.05) is 6.54 Å². The molecule has 0 saturated heterocycles. The molecule has 1 fully saturated rings. The minimum absolute atomic E-state index is 0.0379. The Labute approximate surface area is 100 Å². The molecule has 0 bridgehead atoms. The first kappa shape index (κ1) is 11.5. The zero-order valence-electron chi connectivity index (χ0n) is 8.40. The van der Waals surface area contributed by atoms with Gasteiger partial charge in [-0.05, 0) is 46.8 Å². The number of nitrogens with one attached hydrogen (secondary N) is 1. The summed E-state index contributed by atoms with van der Waals surface area (Å²) >= 11 is 2.86. The third-order valence-corrected chi connectivity index (χ3v) is 3.07. The summed E-state index contributed by atoms with van der Waals surface area (Å²) in [7, 11) is 0. The van der Waals surface area contributed by atoms with E-state index in [2.05, 4.69) is 21.2 Å². The molecule has 0 aliphatic heterocycles. The standard InChI is InChI=1S/C11H10BrF2NO/c12-8-3-7(4-9(13)10(8)14)11(16)15-5-6-1-2-6/h3-4,6H,1-2,5H2,(H,15,16). The van der Waals surface area contributed by atoms with E-state index in [-0.39, 0.29) is 15.9 Å². The number of benzene rings is 1. The monoisotopic (exact) mass is 289 g/mol. The van der Waals surface area contributed by atoms with E-state index >= 15 is 0 Å². The normalized spacial score (nSPS) is 14.9. The molecular weight excluding hydrogens is 280 g/mol. The molecule has 1 aliphatic carbocycles. The van der Waals surface area contributed by atoms with Gasteiger partial charge in [-0.1, -0.05) is 0 Å². The highest BCUT2D eigenvalue weighted by atomic mass is 79.9. The summed E-state index contributed by atoms with van der Waals surface area (Å²) in [5.41, 5.74) is 0.131. The molecule has 1 amide bonds. The molecule has 0 spiro atoms. The SMILES string of the molecule is O=C(NCC1CC1)c1cc(F)c(F)c(Br)c1. The highest BCUT2D eigenvalue weighted by molar-refractivity contribution is 9.10. The van der Waals surface area contributed by atoms with Crippen molar-refractivity contribution in [3.8, 4) is 0 Å². The Bertz CT molecular complexity index is 409. The smallest absolute Gasteiger partial charge is 0.251 e. The van der Waals surface area contributed by atoms with Gasteiger partial charge in [0.1, 0.15) is 0 Å². The Kier molecular flexibility index (Phi) is 3.23. The molecule has 1 N–H and O–H groups in total.